The molecule has 8 heteroatoms. The van der Waals surface area contributed by atoms with Crippen molar-refractivity contribution in [2.45, 2.75) is 12.5 Å². The number of carbonyl (C=O) groups is 3. The molecular weight excluding hydrogens is 346 g/mol. The number of carbonyl (C=O) groups excluding carboxylic acids is 2. The molecule has 0 aliphatic heterocycles. The molecule has 0 radical (unpaired) electrons. The summed E-state index contributed by atoms with van der Waals surface area (Å²) in [7, 11) is 2.63. The van der Waals surface area contributed by atoms with Crippen LogP contribution in [0.4, 0.5) is 0 Å². The Labute approximate surface area is 129 Å². The van der Waals surface area contributed by atoms with Gasteiger partial charge in [-0.1, -0.05) is 0 Å². The van der Waals surface area contributed by atoms with E-state index < -0.39 is 30.3 Å². The van der Waals surface area contributed by atoms with Crippen molar-refractivity contribution in [2.24, 2.45) is 0 Å². The predicted molar refractivity (Wildman–Crippen MR) is 76.2 cm³/mol. The van der Waals surface area contributed by atoms with Crippen molar-refractivity contribution in [3.8, 4) is 5.75 Å². The monoisotopic (exact) mass is 359 g/mol. The minimum absolute atomic E-state index is 0.235. The molecule has 0 heterocycles. The molecule has 0 bridgehead atoms. The number of benzene rings is 1. The van der Waals surface area contributed by atoms with E-state index in [0.29, 0.717) is 10.2 Å². The molecule has 1 aromatic rings. The van der Waals surface area contributed by atoms with E-state index in [1.54, 1.807) is 6.07 Å². The van der Waals surface area contributed by atoms with Crippen LogP contribution in [0.3, 0.4) is 0 Å². The summed E-state index contributed by atoms with van der Waals surface area (Å²) in [5, 5.41) is 11.3. The van der Waals surface area contributed by atoms with Gasteiger partial charge in [-0.15, -0.1) is 0 Å². The van der Waals surface area contributed by atoms with Crippen LogP contribution in [-0.4, -0.2) is 43.2 Å². The van der Waals surface area contributed by atoms with Gasteiger partial charge in [0.15, 0.2) is 0 Å². The third-order valence-corrected chi connectivity index (χ3v) is 3.24. The van der Waals surface area contributed by atoms with Gasteiger partial charge in [0.2, 0.25) is 0 Å². The Kier molecular flexibility index (Phi) is 6.16. The number of rotatable bonds is 6. The molecule has 0 fully saturated rings. The number of carboxylic acid groups (broad SMARTS) is 1. The summed E-state index contributed by atoms with van der Waals surface area (Å²) in [6.07, 6.45) is -0.450. The standard InChI is InChI=1S/C13H14BrNO6/c1-20-10-4-3-7(5-8(10)14)12(17)15-9(13(18)19)6-11(16)21-2/h3-5,9H,6H2,1-2H3,(H,15,17)(H,18,19)/t9-/m0/s1. The first-order chi connectivity index (χ1) is 9.88. The second kappa shape index (κ2) is 7.63. The van der Waals surface area contributed by atoms with Gasteiger partial charge in [0, 0.05) is 5.56 Å². The van der Waals surface area contributed by atoms with Gasteiger partial charge in [0.25, 0.3) is 5.91 Å². The zero-order valence-corrected chi connectivity index (χ0v) is 13.0. The fourth-order valence-corrected chi connectivity index (χ4v) is 2.04. The lowest BCUT2D eigenvalue weighted by Crippen LogP contribution is -2.42. The molecule has 1 atom stereocenters. The molecule has 7 nitrogen and oxygen atoms in total. The maximum atomic E-state index is 12.0. The first-order valence-electron chi connectivity index (χ1n) is 5.83. The van der Waals surface area contributed by atoms with E-state index in [-0.39, 0.29) is 5.56 Å². The molecule has 114 valence electrons. The predicted octanol–water partition coefficient (Wildman–Crippen LogP) is 1.20. The third kappa shape index (κ3) is 4.75. The summed E-state index contributed by atoms with van der Waals surface area (Å²) in [5.41, 5.74) is 0.235. The van der Waals surface area contributed by atoms with Gasteiger partial charge >= 0.3 is 11.9 Å². The van der Waals surface area contributed by atoms with Crippen LogP contribution in [-0.2, 0) is 14.3 Å². The number of hydrogen-bond donors (Lipinski definition) is 2. The Hall–Kier alpha value is -2.09. The number of hydrogen-bond acceptors (Lipinski definition) is 5. The first kappa shape index (κ1) is 17.0. The van der Waals surface area contributed by atoms with Gasteiger partial charge in [0.1, 0.15) is 11.8 Å². The molecule has 0 unspecified atom stereocenters. The number of aliphatic carboxylic acids is 1. The molecule has 1 aromatic carbocycles. The van der Waals surface area contributed by atoms with Crippen LogP contribution in [0.5, 0.6) is 5.75 Å². The summed E-state index contributed by atoms with van der Waals surface area (Å²) in [4.78, 5) is 34.1. The number of nitrogens with one attached hydrogen (secondary N) is 1. The fraction of sp³-hybridized carbons (Fsp3) is 0.308. The molecule has 1 rings (SSSR count). The van der Waals surface area contributed by atoms with Crippen molar-refractivity contribution < 1.29 is 29.0 Å². The number of amides is 1. The minimum atomic E-state index is -1.36. The lowest BCUT2D eigenvalue weighted by atomic mass is 10.1. The topological polar surface area (TPSA) is 102 Å². The van der Waals surface area contributed by atoms with Crippen molar-refractivity contribution in [2.75, 3.05) is 14.2 Å². The molecule has 21 heavy (non-hydrogen) atoms. The second-order valence-electron chi connectivity index (χ2n) is 3.99. The Morgan fingerprint density at radius 2 is 2.00 bits per heavy atom. The highest BCUT2D eigenvalue weighted by molar-refractivity contribution is 9.10. The largest absolute Gasteiger partial charge is 0.496 e. The van der Waals surface area contributed by atoms with Gasteiger partial charge < -0.3 is 19.9 Å². The van der Waals surface area contributed by atoms with Gasteiger partial charge in [-0.2, -0.15) is 0 Å². The SMILES string of the molecule is COC(=O)C[C@H](NC(=O)c1ccc(OC)c(Br)c1)C(=O)O. The van der Waals surface area contributed by atoms with E-state index in [1.165, 1.54) is 19.2 Å². The van der Waals surface area contributed by atoms with Gasteiger partial charge in [0.05, 0.1) is 25.1 Å². The maximum Gasteiger partial charge on any atom is 0.326 e. The Morgan fingerprint density at radius 1 is 1.33 bits per heavy atom. The van der Waals surface area contributed by atoms with Crippen LogP contribution in [0.2, 0.25) is 0 Å². The molecule has 0 saturated heterocycles. The molecule has 0 spiro atoms. The number of methoxy groups -OCH3 is 2. The van der Waals surface area contributed by atoms with Crippen LogP contribution in [0.1, 0.15) is 16.8 Å². The Bertz CT molecular complexity index is 560. The minimum Gasteiger partial charge on any atom is -0.496 e. The highest BCUT2D eigenvalue weighted by Gasteiger charge is 2.24. The van der Waals surface area contributed by atoms with Gasteiger partial charge in [-0.05, 0) is 34.1 Å². The van der Waals surface area contributed by atoms with E-state index in [4.69, 9.17) is 9.84 Å². The summed E-state index contributed by atoms with van der Waals surface area (Å²) in [6, 6.07) is 3.18. The van der Waals surface area contributed by atoms with Crippen LogP contribution < -0.4 is 10.1 Å². The Balaban J connectivity index is 2.84. The summed E-state index contributed by atoms with van der Waals surface area (Å²) in [6.45, 7) is 0. The molecule has 1 amide bonds. The van der Waals surface area contributed by atoms with E-state index in [9.17, 15) is 14.4 Å². The number of ether oxygens (including phenoxy) is 2. The van der Waals surface area contributed by atoms with E-state index in [2.05, 4.69) is 26.0 Å². The van der Waals surface area contributed by atoms with Crippen molar-refractivity contribution in [1.82, 2.24) is 5.32 Å². The lowest BCUT2D eigenvalue weighted by molar-refractivity contribution is -0.147. The lowest BCUT2D eigenvalue weighted by Gasteiger charge is -2.14. The van der Waals surface area contributed by atoms with Crippen LogP contribution in [0.25, 0.3) is 0 Å². The zero-order chi connectivity index (χ0) is 16.0. The molecule has 0 aliphatic rings. The molecular formula is C13H14BrNO6. The normalized spacial score (nSPS) is 11.4. The number of carboxylic acids is 1. The second-order valence-corrected chi connectivity index (χ2v) is 4.85. The van der Waals surface area contributed by atoms with E-state index >= 15 is 0 Å². The summed E-state index contributed by atoms with van der Waals surface area (Å²) >= 11 is 3.23. The molecule has 2 N–H and O–H groups in total. The van der Waals surface area contributed by atoms with Crippen LogP contribution >= 0.6 is 15.9 Å². The maximum absolute atomic E-state index is 12.0. The van der Waals surface area contributed by atoms with Crippen molar-refractivity contribution >= 4 is 33.8 Å². The molecule has 0 aliphatic carbocycles. The highest BCUT2D eigenvalue weighted by atomic mass is 79.9. The fourth-order valence-electron chi connectivity index (χ4n) is 1.50. The van der Waals surface area contributed by atoms with Crippen molar-refractivity contribution in [3.63, 3.8) is 0 Å². The average Bonchev–Trinajstić information content (AvgIpc) is 2.45. The summed E-state index contributed by atoms with van der Waals surface area (Å²) in [5.74, 6) is -2.12. The zero-order valence-electron chi connectivity index (χ0n) is 11.4. The number of esters is 1. The number of halogens is 1. The van der Waals surface area contributed by atoms with Crippen LogP contribution in [0, 0.1) is 0 Å². The van der Waals surface area contributed by atoms with Gasteiger partial charge in [-0.3, -0.25) is 9.59 Å². The van der Waals surface area contributed by atoms with E-state index in [1.807, 2.05) is 0 Å². The Morgan fingerprint density at radius 3 is 2.48 bits per heavy atom. The van der Waals surface area contributed by atoms with E-state index in [0.717, 1.165) is 7.11 Å². The molecule has 0 saturated carbocycles. The highest BCUT2D eigenvalue weighted by Crippen LogP contribution is 2.25. The quantitative estimate of drug-likeness (QED) is 0.740. The van der Waals surface area contributed by atoms with Crippen LogP contribution in [0.15, 0.2) is 22.7 Å². The first-order valence-corrected chi connectivity index (χ1v) is 6.62. The summed E-state index contributed by atoms with van der Waals surface area (Å²) < 4.78 is 9.98. The van der Waals surface area contributed by atoms with Crippen molar-refractivity contribution in [1.29, 1.82) is 0 Å². The van der Waals surface area contributed by atoms with Gasteiger partial charge in [-0.25, -0.2) is 4.79 Å². The molecule has 0 aromatic heterocycles. The average molecular weight is 360 g/mol. The smallest absolute Gasteiger partial charge is 0.326 e. The third-order valence-electron chi connectivity index (χ3n) is 2.62. The van der Waals surface area contributed by atoms with Crippen molar-refractivity contribution in [3.05, 3.63) is 28.2 Å².